The molecule has 3 aromatic heterocycles. The number of carbonyl (C=O) groups is 1. The lowest BCUT2D eigenvalue weighted by Gasteiger charge is -2.17. The monoisotopic (exact) mass is 393 g/mol. The number of aryl methyl sites for hydroxylation is 1. The average Bonchev–Trinajstić information content (AvgIpc) is 3.39. The van der Waals surface area contributed by atoms with Crippen molar-refractivity contribution in [2.24, 2.45) is 0 Å². The van der Waals surface area contributed by atoms with E-state index in [0.29, 0.717) is 16.1 Å². The minimum Gasteiger partial charge on any atom is -0.477 e. The maximum atomic E-state index is 12.7. The Hall–Kier alpha value is -3.12. The molecule has 1 fully saturated rings. The standard InChI is InChI=1S/C21H16ClN3O3/c1-11-14(12-8-17(22)20-23-6-7-24(20)9-12)4-5-15-18(11)25(13-2-3-13)10-16(19(15)26)21(27)28/h4-10,13H,2-3H2,1H3,(H,27,28). The Kier molecular flexibility index (Phi) is 3.61. The molecular formula is C21H16ClN3O3. The molecule has 6 nitrogen and oxygen atoms in total. The largest absolute Gasteiger partial charge is 0.477 e. The third kappa shape index (κ3) is 2.45. The summed E-state index contributed by atoms with van der Waals surface area (Å²) in [5.41, 5.74) is 3.62. The lowest BCUT2D eigenvalue weighted by Crippen LogP contribution is -2.19. The summed E-state index contributed by atoms with van der Waals surface area (Å²) in [7, 11) is 0. The molecule has 0 atom stereocenters. The number of rotatable bonds is 3. The molecular weight excluding hydrogens is 378 g/mol. The number of hydrogen-bond donors (Lipinski definition) is 1. The van der Waals surface area contributed by atoms with Crippen molar-refractivity contribution in [1.29, 1.82) is 0 Å². The molecule has 28 heavy (non-hydrogen) atoms. The predicted octanol–water partition coefficient (Wildman–Crippen LogP) is 4.31. The second-order valence-corrected chi connectivity index (χ2v) is 7.59. The van der Waals surface area contributed by atoms with Crippen LogP contribution in [0.2, 0.25) is 5.02 Å². The fourth-order valence-electron chi connectivity index (χ4n) is 3.87. The van der Waals surface area contributed by atoms with Crippen LogP contribution in [0, 0.1) is 6.92 Å². The molecule has 0 spiro atoms. The molecule has 1 saturated carbocycles. The van der Waals surface area contributed by atoms with Crippen molar-refractivity contribution in [1.82, 2.24) is 14.0 Å². The highest BCUT2D eigenvalue weighted by Crippen LogP contribution is 2.39. The summed E-state index contributed by atoms with van der Waals surface area (Å²) in [6.07, 6.45) is 8.93. The van der Waals surface area contributed by atoms with Crippen LogP contribution in [0.5, 0.6) is 0 Å². The number of imidazole rings is 1. The lowest BCUT2D eigenvalue weighted by atomic mass is 9.97. The van der Waals surface area contributed by atoms with Gasteiger partial charge in [0.05, 0.1) is 10.5 Å². The zero-order valence-corrected chi connectivity index (χ0v) is 15.8. The summed E-state index contributed by atoms with van der Waals surface area (Å²) in [6.45, 7) is 1.96. The summed E-state index contributed by atoms with van der Waals surface area (Å²) >= 11 is 6.39. The number of hydrogen-bond acceptors (Lipinski definition) is 3. The van der Waals surface area contributed by atoms with E-state index in [0.717, 1.165) is 35.0 Å². The number of fused-ring (bicyclic) bond motifs is 2. The van der Waals surface area contributed by atoms with Crippen LogP contribution in [-0.2, 0) is 0 Å². The molecule has 1 N–H and O–H groups in total. The minimum absolute atomic E-state index is 0.186. The molecule has 5 rings (SSSR count). The van der Waals surface area contributed by atoms with Gasteiger partial charge in [-0.2, -0.15) is 0 Å². The number of nitrogens with zero attached hydrogens (tertiary/aromatic N) is 3. The molecule has 0 bridgehead atoms. The summed E-state index contributed by atoms with van der Waals surface area (Å²) < 4.78 is 3.82. The Morgan fingerprint density at radius 2 is 2.07 bits per heavy atom. The van der Waals surface area contributed by atoms with Crippen molar-refractivity contribution >= 4 is 34.1 Å². The first-order valence-corrected chi connectivity index (χ1v) is 9.38. The Bertz CT molecular complexity index is 1350. The molecule has 140 valence electrons. The van der Waals surface area contributed by atoms with Crippen molar-refractivity contribution in [3.8, 4) is 11.1 Å². The van der Waals surface area contributed by atoms with Crippen LogP contribution in [0.1, 0.15) is 34.8 Å². The van der Waals surface area contributed by atoms with Crippen LogP contribution in [0.3, 0.4) is 0 Å². The molecule has 7 heteroatoms. The van der Waals surface area contributed by atoms with Crippen molar-refractivity contribution in [3.05, 3.63) is 69.4 Å². The molecule has 0 amide bonds. The van der Waals surface area contributed by atoms with Gasteiger partial charge in [-0.3, -0.25) is 4.79 Å². The predicted molar refractivity (Wildman–Crippen MR) is 107 cm³/mol. The van der Waals surface area contributed by atoms with E-state index in [1.165, 1.54) is 6.20 Å². The molecule has 0 saturated heterocycles. The molecule has 1 aliphatic rings. The second kappa shape index (κ2) is 5.94. The van der Waals surface area contributed by atoms with Gasteiger partial charge >= 0.3 is 5.97 Å². The van der Waals surface area contributed by atoms with Gasteiger partial charge in [0, 0.05) is 41.8 Å². The smallest absolute Gasteiger partial charge is 0.341 e. The lowest BCUT2D eigenvalue weighted by molar-refractivity contribution is 0.0695. The van der Waals surface area contributed by atoms with E-state index in [-0.39, 0.29) is 11.6 Å². The highest BCUT2D eigenvalue weighted by Gasteiger charge is 2.28. The normalized spacial score (nSPS) is 14.1. The molecule has 3 heterocycles. The Labute approximate surface area is 164 Å². The second-order valence-electron chi connectivity index (χ2n) is 7.18. The van der Waals surface area contributed by atoms with E-state index in [1.807, 2.05) is 40.4 Å². The Balaban J connectivity index is 1.83. The van der Waals surface area contributed by atoms with Crippen LogP contribution in [0.15, 0.2) is 47.8 Å². The van der Waals surface area contributed by atoms with E-state index in [2.05, 4.69) is 4.98 Å². The summed E-state index contributed by atoms with van der Waals surface area (Å²) in [5, 5.41) is 10.4. The fraction of sp³-hybridized carbons (Fsp3) is 0.190. The zero-order chi connectivity index (χ0) is 19.6. The number of aromatic carboxylic acids is 1. The topological polar surface area (TPSA) is 76.6 Å². The van der Waals surface area contributed by atoms with Gasteiger partial charge in [-0.25, -0.2) is 9.78 Å². The van der Waals surface area contributed by atoms with E-state index < -0.39 is 11.4 Å². The van der Waals surface area contributed by atoms with Gasteiger partial charge in [-0.1, -0.05) is 17.7 Å². The first kappa shape index (κ1) is 17.0. The van der Waals surface area contributed by atoms with Crippen molar-refractivity contribution in [2.75, 3.05) is 0 Å². The van der Waals surface area contributed by atoms with E-state index in [1.54, 1.807) is 12.3 Å². The number of carboxylic acid groups (broad SMARTS) is 1. The third-order valence-electron chi connectivity index (χ3n) is 5.37. The number of halogens is 1. The first-order valence-electron chi connectivity index (χ1n) is 9.00. The molecule has 1 aromatic carbocycles. The number of carboxylic acids is 1. The maximum absolute atomic E-state index is 12.7. The molecule has 1 aliphatic carbocycles. The van der Waals surface area contributed by atoms with E-state index in [9.17, 15) is 14.7 Å². The third-order valence-corrected chi connectivity index (χ3v) is 5.65. The van der Waals surface area contributed by atoms with Crippen molar-refractivity contribution in [2.45, 2.75) is 25.8 Å². The first-order chi connectivity index (χ1) is 13.5. The fourth-order valence-corrected chi connectivity index (χ4v) is 4.13. The summed E-state index contributed by atoms with van der Waals surface area (Å²) in [5.74, 6) is -1.19. The van der Waals surface area contributed by atoms with Crippen LogP contribution in [0.25, 0.3) is 27.7 Å². The van der Waals surface area contributed by atoms with E-state index in [4.69, 9.17) is 11.6 Å². The van der Waals surface area contributed by atoms with Gasteiger partial charge in [-0.15, -0.1) is 0 Å². The maximum Gasteiger partial charge on any atom is 0.341 e. The van der Waals surface area contributed by atoms with Crippen LogP contribution in [-0.4, -0.2) is 25.0 Å². The number of aromatic nitrogens is 3. The zero-order valence-electron chi connectivity index (χ0n) is 15.0. The van der Waals surface area contributed by atoms with Gasteiger partial charge in [0.15, 0.2) is 5.65 Å². The summed E-state index contributed by atoms with van der Waals surface area (Å²) in [6, 6.07) is 5.67. The molecule has 0 aliphatic heterocycles. The Morgan fingerprint density at radius 1 is 1.29 bits per heavy atom. The van der Waals surface area contributed by atoms with Gasteiger partial charge in [0.1, 0.15) is 5.56 Å². The summed E-state index contributed by atoms with van der Waals surface area (Å²) in [4.78, 5) is 28.5. The van der Waals surface area contributed by atoms with Crippen molar-refractivity contribution in [3.63, 3.8) is 0 Å². The molecule has 0 unspecified atom stereocenters. The highest BCUT2D eigenvalue weighted by molar-refractivity contribution is 6.33. The van der Waals surface area contributed by atoms with Gasteiger partial charge in [-0.05, 0) is 43.0 Å². The van der Waals surface area contributed by atoms with E-state index >= 15 is 0 Å². The van der Waals surface area contributed by atoms with Gasteiger partial charge < -0.3 is 14.1 Å². The quantitative estimate of drug-likeness (QED) is 0.562. The van der Waals surface area contributed by atoms with Crippen molar-refractivity contribution < 1.29 is 9.90 Å². The number of benzene rings is 1. The molecule has 0 radical (unpaired) electrons. The SMILES string of the molecule is Cc1c(-c2cc(Cl)c3nccn3c2)ccc2c(=O)c(C(=O)O)cn(C3CC3)c12. The average molecular weight is 394 g/mol. The Morgan fingerprint density at radius 3 is 2.79 bits per heavy atom. The molecule has 4 aromatic rings. The van der Waals surface area contributed by atoms with Gasteiger partial charge in [0.2, 0.25) is 5.43 Å². The minimum atomic E-state index is -1.19. The van der Waals surface area contributed by atoms with Crippen LogP contribution in [0.4, 0.5) is 0 Å². The number of pyridine rings is 2. The van der Waals surface area contributed by atoms with Crippen LogP contribution >= 0.6 is 11.6 Å². The highest BCUT2D eigenvalue weighted by atomic mass is 35.5. The van der Waals surface area contributed by atoms with Gasteiger partial charge in [0.25, 0.3) is 0 Å². The van der Waals surface area contributed by atoms with Crippen LogP contribution < -0.4 is 5.43 Å².